The number of benzene rings is 1. The highest BCUT2D eigenvalue weighted by Crippen LogP contribution is 2.43. The highest BCUT2D eigenvalue weighted by Gasteiger charge is 2.47. The second kappa shape index (κ2) is 10.6. The zero-order chi connectivity index (χ0) is 28.7. The number of pyridine rings is 1. The summed E-state index contributed by atoms with van der Waals surface area (Å²) < 4.78 is 78.7. The molecule has 3 aromatic rings. The third-order valence-corrected chi connectivity index (χ3v) is 7.03. The summed E-state index contributed by atoms with van der Waals surface area (Å²) in [5.41, 5.74) is 1.26. The Kier molecular flexibility index (Phi) is 7.31. The number of piperidine rings is 1. The van der Waals surface area contributed by atoms with E-state index in [9.17, 15) is 21.6 Å². The van der Waals surface area contributed by atoms with Gasteiger partial charge in [0.25, 0.3) is 10.1 Å². The Balaban J connectivity index is 1.49. The van der Waals surface area contributed by atoms with Crippen LogP contribution in [-0.2, 0) is 20.6 Å². The molecule has 1 unspecified atom stereocenters. The van der Waals surface area contributed by atoms with E-state index in [2.05, 4.69) is 15.1 Å². The minimum absolute atomic E-state index is 0.0592. The summed E-state index contributed by atoms with van der Waals surface area (Å²) in [7, 11) is -2.56. The number of rotatable bonds is 7. The van der Waals surface area contributed by atoms with Gasteiger partial charge in [-0.2, -0.15) is 31.8 Å². The van der Waals surface area contributed by atoms with Crippen LogP contribution in [0.25, 0.3) is 11.8 Å². The number of hydrazone groups is 1. The number of ether oxygens (including phenoxy) is 1. The SMILES string of the molecule is COc1nc(C=CC2=NN3CCC[C@@H](c4ccccc4C(F)(F)F)C3N2OS(C)(=O)=O)ccc1-n1cnc(C)c1. The maximum absolute atomic E-state index is 13.9. The predicted molar refractivity (Wildman–Crippen MR) is 141 cm³/mol. The molecule has 2 aliphatic heterocycles. The van der Waals surface area contributed by atoms with E-state index >= 15 is 0 Å². The number of hydrogen-bond acceptors (Lipinski definition) is 9. The molecule has 0 bridgehead atoms. The predicted octanol–water partition coefficient (Wildman–Crippen LogP) is 4.34. The Hall–Kier alpha value is -3.91. The number of halogens is 3. The third-order valence-electron chi connectivity index (χ3n) is 6.59. The molecule has 1 aromatic carbocycles. The van der Waals surface area contributed by atoms with E-state index in [1.807, 2.05) is 13.1 Å². The fourth-order valence-corrected chi connectivity index (χ4v) is 5.45. The zero-order valence-electron chi connectivity index (χ0n) is 21.9. The van der Waals surface area contributed by atoms with Crippen LogP contribution in [0.15, 0.2) is 60.1 Å². The van der Waals surface area contributed by atoms with Crippen molar-refractivity contribution in [1.29, 1.82) is 0 Å². The Labute approximate surface area is 229 Å². The molecule has 5 rings (SSSR count). The summed E-state index contributed by atoms with van der Waals surface area (Å²) in [6.45, 7) is 2.28. The van der Waals surface area contributed by atoms with Crippen LogP contribution < -0.4 is 4.74 Å². The molecule has 2 aliphatic rings. The molecule has 0 saturated carbocycles. The van der Waals surface area contributed by atoms with Gasteiger partial charge in [-0.1, -0.05) is 18.2 Å². The molecule has 40 heavy (non-hydrogen) atoms. The standard InChI is InChI=1S/C26H27F3N6O4S/c1-17-15-33(16-30-17)22-12-10-18(31-24(22)38-2)11-13-23-32-34-14-6-8-20(25(34)35(23)39-40(3,36)37)19-7-4-5-9-21(19)26(27,28)29/h4-5,7,9-13,15-16,20,25H,6,8,14H2,1-3H3/t20-,25?/m0/s1. The minimum Gasteiger partial charge on any atom is -0.479 e. The van der Waals surface area contributed by atoms with Gasteiger partial charge in [0.15, 0.2) is 12.0 Å². The molecule has 10 nitrogen and oxygen atoms in total. The first-order valence-corrected chi connectivity index (χ1v) is 14.2. The van der Waals surface area contributed by atoms with Gasteiger partial charge >= 0.3 is 6.18 Å². The van der Waals surface area contributed by atoms with Crippen molar-refractivity contribution in [2.24, 2.45) is 5.10 Å². The first kappa shape index (κ1) is 27.6. The fraction of sp³-hybridized carbons (Fsp3) is 0.346. The zero-order valence-corrected chi connectivity index (χ0v) is 22.7. The monoisotopic (exact) mass is 576 g/mol. The Morgan fingerprint density at radius 1 is 1.12 bits per heavy atom. The quantitative estimate of drug-likeness (QED) is 0.410. The smallest absolute Gasteiger partial charge is 0.416 e. The second-order valence-corrected chi connectivity index (χ2v) is 11.1. The van der Waals surface area contributed by atoms with E-state index in [-0.39, 0.29) is 11.4 Å². The van der Waals surface area contributed by atoms with Gasteiger partial charge in [0.1, 0.15) is 5.69 Å². The number of fused-ring (bicyclic) bond motifs is 1. The van der Waals surface area contributed by atoms with Crippen molar-refractivity contribution in [3.05, 3.63) is 77.5 Å². The Bertz CT molecular complexity index is 1570. The maximum Gasteiger partial charge on any atom is 0.416 e. The number of alkyl halides is 3. The van der Waals surface area contributed by atoms with Crippen molar-refractivity contribution in [1.82, 2.24) is 24.6 Å². The highest BCUT2D eigenvalue weighted by atomic mass is 32.2. The molecule has 4 heterocycles. The lowest BCUT2D eigenvalue weighted by Crippen LogP contribution is -2.49. The van der Waals surface area contributed by atoms with Gasteiger partial charge in [-0.3, -0.25) is 5.01 Å². The molecular weight excluding hydrogens is 549 g/mol. The molecule has 0 N–H and O–H groups in total. The number of hydrogen-bond donors (Lipinski definition) is 0. The summed E-state index contributed by atoms with van der Waals surface area (Å²) >= 11 is 0. The largest absolute Gasteiger partial charge is 0.479 e. The van der Waals surface area contributed by atoms with Crippen LogP contribution in [0.5, 0.6) is 5.88 Å². The van der Waals surface area contributed by atoms with Gasteiger partial charge < -0.3 is 9.30 Å². The van der Waals surface area contributed by atoms with Gasteiger partial charge in [-0.25, -0.2) is 9.97 Å². The highest BCUT2D eigenvalue weighted by molar-refractivity contribution is 7.85. The summed E-state index contributed by atoms with van der Waals surface area (Å²) in [6, 6.07) is 8.84. The van der Waals surface area contributed by atoms with Crippen LogP contribution in [0.4, 0.5) is 13.2 Å². The summed E-state index contributed by atoms with van der Waals surface area (Å²) in [5.74, 6) is -0.278. The third kappa shape index (κ3) is 5.68. The van der Waals surface area contributed by atoms with E-state index in [0.717, 1.165) is 23.1 Å². The average molecular weight is 577 g/mol. The van der Waals surface area contributed by atoms with Gasteiger partial charge in [-0.15, -0.1) is 4.28 Å². The lowest BCUT2D eigenvalue weighted by atomic mass is 9.85. The van der Waals surface area contributed by atoms with Crippen molar-refractivity contribution < 1.29 is 30.6 Å². The van der Waals surface area contributed by atoms with Crippen LogP contribution in [0.2, 0.25) is 0 Å². The number of hydroxylamine groups is 2. The van der Waals surface area contributed by atoms with E-state index in [1.54, 1.807) is 34.1 Å². The first-order chi connectivity index (χ1) is 18.9. The Morgan fingerprint density at radius 3 is 2.58 bits per heavy atom. The van der Waals surface area contributed by atoms with Crippen LogP contribution in [0.1, 0.15) is 41.3 Å². The van der Waals surface area contributed by atoms with E-state index in [1.165, 1.54) is 31.4 Å². The number of aromatic nitrogens is 3. The van der Waals surface area contributed by atoms with Gasteiger partial charge in [0, 0.05) is 18.7 Å². The normalized spacial score (nSPS) is 19.7. The van der Waals surface area contributed by atoms with Crippen molar-refractivity contribution >= 4 is 22.0 Å². The molecule has 14 heteroatoms. The molecule has 212 valence electrons. The van der Waals surface area contributed by atoms with Crippen molar-refractivity contribution in [2.45, 2.75) is 38.0 Å². The van der Waals surface area contributed by atoms with E-state index in [0.29, 0.717) is 36.6 Å². The van der Waals surface area contributed by atoms with Crippen LogP contribution in [-0.4, -0.2) is 64.9 Å². The van der Waals surface area contributed by atoms with Gasteiger partial charge in [0.2, 0.25) is 5.88 Å². The lowest BCUT2D eigenvalue weighted by molar-refractivity contribution is -0.139. The van der Waals surface area contributed by atoms with Gasteiger partial charge in [-0.05, 0) is 55.7 Å². The number of amidine groups is 1. The van der Waals surface area contributed by atoms with Crippen LogP contribution >= 0.6 is 0 Å². The molecule has 1 saturated heterocycles. The number of methoxy groups -OCH3 is 1. The molecule has 0 spiro atoms. The minimum atomic E-state index is -4.57. The summed E-state index contributed by atoms with van der Waals surface area (Å²) in [4.78, 5) is 8.71. The lowest BCUT2D eigenvalue weighted by Gasteiger charge is -2.40. The first-order valence-electron chi connectivity index (χ1n) is 12.4. The molecule has 1 fully saturated rings. The molecular formula is C26H27F3N6O4S. The summed E-state index contributed by atoms with van der Waals surface area (Å²) in [5, 5.41) is 7.16. The van der Waals surface area contributed by atoms with Crippen molar-refractivity contribution in [3.63, 3.8) is 0 Å². The van der Waals surface area contributed by atoms with Crippen molar-refractivity contribution in [3.8, 4) is 11.6 Å². The Morgan fingerprint density at radius 2 is 1.90 bits per heavy atom. The fourth-order valence-electron chi connectivity index (χ4n) is 5.00. The van der Waals surface area contributed by atoms with Crippen molar-refractivity contribution in [2.75, 3.05) is 19.9 Å². The number of aryl methyl sites for hydroxylation is 1. The van der Waals surface area contributed by atoms with E-state index < -0.39 is 33.9 Å². The molecule has 0 radical (unpaired) electrons. The molecule has 2 atom stereocenters. The topological polar surface area (TPSA) is 102 Å². The number of nitrogens with zero attached hydrogens (tertiary/aromatic N) is 6. The second-order valence-electron chi connectivity index (χ2n) is 9.49. The van der Waals surface area contributed by atoms with Gasteiger partial charge in [0.05, 0.1) is 36.6 Å². The average Bonchev–Trinajstić information content (AvgIpc) is 3.49. The number of imidazole rings is 1. The van der Waals surface area contributed by atoms with Crippen LogP contribution in [0, 0.1) is 6.92 Å². The molecule has 0 amide bonds. The van der Waals surface area contributed by atoms with Crippen LogP contribution in [0.3, 0.4) is 0 Å². The maximum atomic E-state index is 13.9. The molecule has 0 aliphatic carbocycles. The van der Waals surface area contributed by atoms with E-state index in [4.69, 9.17) is 9.02 Å². The summed E-state index contributed by atoms with van der Waals surface area (Å²) in [6.07, 6.45) is 2.93. The molecule has 2 aromatic heterocycles.